The van der Waals surface area contributed by atoms with Crippen molar-refractivity contribution >= 4 is 39.0 Å². The molecule has 0 atom stereocenters. The van der Waals surface area contributed by atoms with Crippen molar-refractivity contribution in [3.8, 4) is 5.75 Å². The molecule has 0 spiro atoms. The highest BCUT2D eigenvalue weighted by molar-refractivity contribution is 9.10. The van der Waals surface area contributed by atoms with Crippen LogP contribution in [0.15, 0.2) is 65.4 Å². The van der Waals surface area contributed by atoms with E-state index in [2.05, 4.69) is 36.5 Å². The van der Waals surface area contributed by atoms with E-state index in [-0.39, 0.29) is 11.6 Å². The summed E-state index contributed by atoms with van der Waals surface area (Å²) in [7, 11) is 1.62. The third kappa shape index (κ3) is 4.54. The maximum atomic E-state index is 12.2. The van der Waals surface area contributed by atoms with Gasteiger partial charge in [-0.25, -0.2) is 9.97 Å². The second kappa shape index (κ2) is 7.76. The molecule has 25 heavy (non-hydrogen) atoms. The highest BCUT2D eigenvalue weighted by Crippen LogP contribution is 2.19. The Morgan fingerprint density at radius 3 is 2.48 bits per heavy atom. The Kier molecular flexibility index (Phi) is 5.25. The first kappa shape index (κ1) is 16.9. The Balaban J connectivity index is 1.65. The van der Waals surface area contributed by atoms with Gasteiger partial charge in [-0.1, -0.05) is 22.0 Å². The fourth-order valence-electron chi connectivity index (χ4n) is 2.09. The fourth-order valence-corrected chi connectivity index (χ4v) is 2.49. The average molecular weight is 399 g/mol. The first-order chi connectivity index (χ1) is 12.1. The van der Waals surface area contributed by atoms with E-state index >= 15 is 0 Å². The van der Waals surface area contributed by atoms with Crippen LogP contribution in [0, 0.1) is 0 Å². The largest absolute Gasteiger partial charge is 0.497 e. The zero-order valence-electron chi connectivity index (χ0n) is 13.4. The molecule has 6 nitrogen and oxygen atoms in total. The van der Waals surface area contributed by atoms with Crippen molar-refractivity contribution in [2.45, 2.75) is 0 Å². The number of carbonyl (C=O) groups excluding carboxylic acids is 1. The van der Waals surface area contributed by atoms with Gasteiger partial charge in [0.15, 0.2) is 0 Å². The molecule has 0 saturated heterocycles. The van der Waals surface area contributed by atoms with E-state index in [0.29, 0.717) is 11.5 Å². The van der Waals surface area contributed by atoms with Crippen molar-refractivity contribution in [1.29, 1.82) is 0 Å². The van der Waals surface area contributed by atoms with Crippen molar-refractivity contribution < 1.29 is 9.53 Å². The summed E-state index contributed by atoms with van der Waals surface area (Å²) < 4.78 is 6.00. The molecule has 0 bridgehead atoms. The number of benzene rings is 2. The van der Waals surface area contributed by atoms with E-state index in [1.54, 1.807) is 13.2 Å². The number of carbonyl (C=O) groups is 1. The number of rotatable bonds is 5. The standard InChI is InChI=1S/C18H15BrN4O2/c1-25-15-7-5-13(6-8-15)22-17-11-20-16(10-21-17)18(24)23-14-4-2-3-12(19)9-14/h2-11H,1H3,(H,21,22)(H,23,24). The van der Waals surface area contributed by atoms with Gasteiger partial charge in [0.1, 0.15) is 17.3 Å². The normalized spacial score (nSPS) is 10.2. The van der Waals surface area contributed by atoms with E-state index in [1.807, 2.05) is 42.5 Å². The Labute approximate surface area is 153 Å². The van der Waals surface area contributed by atoms with Crippen LogP contribution in [0.5, 0.6) is 5.75 Å². The zero-order chi connectivity index (χ0) is 17.6. The Bertz CT molecular complexity index is 867. The van der Waals surface area contributed by atoms with Crippen molar-refractivity contribution in [2.24, 2.45) is 0 Å². The van der Waals surface area contributed by atoms with Gasteiger partial charge in [-0.05, 0) is 42.5 Å². The summed E-state index contributed by atoms with van der Waals surface area (Å²) in [6.45, 7) is 0. The molecule has 1 heterocycles. The number of anilines is 3. The lowest BCUT2D eigenvalue weighted by Crippen LogP contribution is -2.14. The number of nitrogens with one attached hydrogen (secondary N) is 2. The topological polar surface area (TPSA) is 76.1 Å². The fraction of sp³-hybridized carbons (Fsp3) is 0.0556. The summed E-state index contributed by atoms with van der Waals surface area (Å²) in [5.41, 5.74) is 1.77. The maximum absolute atomic E-state index is 12.2. The first-order valence-corrected chi connectivity index (χ1v) is 8.23. The molecule has 3 rings (SSSR count). The second-order valence-electron chi connectivity index (χ2n) is 5.10. The minimum Gasteiger partial charge on any atom is -0.497 e. The molecule has 0 fully saturated rings. The van der Waals surface area contributed by atoms with Gasteiger partial charge < -0.3 is 15.4 Å². The smallest absolute Gasteiger partial charge is 0.275 e. The molecule has 1 aromatic heterocycles. The molecular weight excluding hydrogens is 384 g/mol. The van der Waals surface area contributed by atoms with Crippen LogP contribution in [0.3, 0.4) is 0 Å². The van der Waals surface area contributed by atoms with Crippen molar-refractivity contribution in [1.82, 2.24) is 9.97 Å². The number of ether oxygens (including phenoxy) is 1. The van der Waals surface area contributed by atoms with Gasteiger partial charge in [-0.2, -0.15) is 0 Å². The van der Waals surface area contributed by atoms with Gasteiger partial charge in [0.25, 0.3) is 5.91 Å². The van der Waals surface area contributed by atoms with E-state index < -0.39 is 0 Å². The lowest BCUT2D eigenvalue weighted by atomic mass is 10.3. The first-order valence-electron chi connectivity index (χ1n) is 7.44. The Hall–Kier alpha value is -2.93. The third-order valence-corrected chi connectivity index (χ3v) is 3.82. The number of methoxy groups -OCH3 is 1. The highest BCUT2D eigenvalue weighted by atomic mass is 79.9. The van der Waals surface area contributed by atoms with Gasteiger partial charge in [-0.3, -0.25) is 4.79 Å². The number of hydrogen-bond acceptors (Lipinski definition) is 5. The molecule has 0 aliphatic rings. The molecule has 0 saturated carbocycles. The summed E-state index contributed by atoms with van der Waals surface area (Å²) in [6.07, 6.45) is 2.94. The van der Waals surface area contributed by atoms with Crippen LogP contribution in [0.1, 0.15) is 10.5 Å². The minimum atomic E-state index is -0.318. The number of halogens is 1. The molecule has 0 aliphatic carbocycles. The van der Waals surface area contributed by atoms with Crippen LogP contribution in [0.2, 0.25) is 0 Å². The summed E-state index contributed by atoms with van der Waals surface area (Å²) in [6, 6.07) is 14.8. The lowest BCUT2D eigenvalue weighted by Gasteiger charge is -2.08. The molecule has 2 N–H and O–H groups in total. The van der Waals surface area contributed by atoms with Gasteiger partial charge in [0, 0.05) is 15.8 Å². The van der Waals surface area contributed by atoms with Gasteiger partial charge in [0.2, 0.25) is 0 Å². The van der Waals surface area contributed by atoms with Gasteiger partial charge in [0.05, 0.1) is 19.5 Å². The molecule has 0 radical (unpaired) electrons. The van der Waals surface area contributed by atoms with Crippen LogP contribution < -0.4 is 15.4 Å². The molecule has 0 aliphatic heterocycles. The number of amides is 1. The highest BCUT2D eigenvalue weighted by Gasteiger charge is 2.09. The van der Waals surface area contributed by atoms with Gasteiger partial charge >= 0.3 is 0 Å². The van der Waals surface area contributed by atoms with E-state index in [1.165, 1.54) is 12.4 Å². The van der Waals surface area contributed by atoms with E-state index in [4.69, 9.17) is 4.74 Å². The number of hydrogen-bond donors (Lipinski definition) is 2. The van der Waals surface area contributed by atoms with Crippen LogP contribution >= 0.6 is 15.9 Å². The molecular formula is C18H15BrN4O2. The average Bonchev–Trinajstić information content (AvgIpc) is 2.63. The van der Waals surface area contributed by atoms with E-state index in [0.717, 1.165) is 15.9 Å². The monoisotopic (exact) mass is 398 g/mol. The number of aromatic nitrogens is 2. The SMILES string of the molecule is COc1ccc(Nc2cnc(C(=O)Nc3cccc(Br)c3)cn2)cc1. The molecule has 1 amide bonds. The predicted octanol–water partition coefficient (Wildman–Crippen LogP) is 4.24. The third-order valence-electron chi connectivity index (χ3n) is 3.33. The van der Waals surface area contributed by atoms with Crippen molar-refractivity contribution in [3.63, 3.8) is 0 Å². The minimum absolute atomic E-state index is 0.236. The van der Waals surface area contributed by atoms with Crippen LogP contribution in [0.25, 0.3) is 0 Å². The molecule has 2 aromatic carbocycles. The summed E-state index contributed by atoms with van der Waals surface area (Å²) in [4.78, 5) is 20.6. The van der Waals surface area contributed by atoms with Crippen LogP contribution in [-0.4, -0.2) is 23.0 Å². The summed E-state index contributed by atoms with van der Waals surface area (Å²) in [5, 5.41) is 5.89. The van der Waals surface area contributed by atoms with Gasteiger partial charge in [-0.15, -0.1) is 0 Å². The molecule has 3 aromatic rings. The lowest BCUT2D eigenvalue weighted by molar-refractivity contribution is 0.102. The van der Waals surface area contributed by atoms with E-state index in [9.17, 15) is 4.79 Å². The summed E-state index contributed by atoms with van der Waals surface area (Å²) in [5.74, 6) is 1.00. The quantitative estimate of drug-likeness (QED) is 0.671. The van der Waals surface area contributed by atoms with Crippen LogP contribution in [-0.2, 0) is 0 Å². The summed E-state index contributed by atoms with van der Waals surface area (Å²) >= 11 is 3.36. The van der Waals surface area contributed by atoms with Crippen molar-refractivity contribution in [3.05, 3.63) is 71.1 Å². The zero-order valence-corrected chi connectivity index (χ0v) is 14.9. The molecule has 126 valence electrons. The predicted molar refractivity (Wildman–Crippen MR) is 100 cm³/mol. The Morgan fingerprint density at radius 2 is 1.84 bits per heavy atom. The Morgan fingerprint density at radius 1 is 1.04 bits per heavy atom. The van der Waals surface area contributed by atoms with Crippen molar-refractivity contribution in [2.75, 3.05) is 17.7 Å². The molecule has 0 unspecified atom stereocenters. The number of nitrogens with zero attached hydrogens (tertiary/aromatic N) is 2. The maximum Gasteiger partial charge on any atom is 0.275 e. The second-order valence-corrected chi connectivity index (χ2v) is 6.02. The molecule has 7 heteroatoms. The van der Waals surface area contributed by atoms with Crippen LogP contribution in [0.4, 0.5) is 17.2 Å².